The fourth-order valence-corrected chi connectivity index (χ4v) is 6.23. The number of nitrogens with zero attached hydrogens (tertiary/aromatic N) is 4. The Morgan fingerprint density at radius 1 is 0.490 bits per heavy atom. The normalized spacial score (nSPS) is 17.6. The standard InChI is InChI=1S/C47H30N4/c1-4-13-31(14-5-1)45-39-28-27-36-37(40-29-26-33-25-24-32-15-12-30-48-46(32)47(33)49-40)20-10-21-38(36)43(39)44-41(50-45)22-11-23-42(44)51(34-16-6-2-7-17-34)35-18-8-3-9-19-35/h1-30H/i1D,2D,3D,4D,5D,6D,7D,8D,9D,11D,13D,14D,16D,17D,18D,19D,20D,23D,27D,28D,29D,30D. The van der Waals surface area contributed by atoms with Gasteiger partial charge < -0.3 is 4.90 Å². The predicted octanol–water partition coefficient (Wildman–Crippen LogP) is 12.4. The van der Waals surface area contributed by atoms with E-state index < -0.39 is 154 Å². The highest BCUT2D eigenvalue weighted by Gasteiger charge is 2.21. The lowest BCUT2D eigenvalue weighted by Crippen LogP contribution is -2.10. The van der Waals surface area contributed by atoms with E-state index >= 15 is 0 Å². The number of hydrogen-bond donors (Lipinski definition) is 0. The van der Waals surface area contributed by atoms with Crippen molar-refractivity contribution in [2.45, 2.75) is 0 Å². The molecule has 10 aromatic rings. The number of benzene rings is 7. The summed E-state index contributed by atoms with van der Waals surface area (Å²) in [6.07, 6.45) is -0.0968. The van der Waals surface area contributed by atoms with E-state index in [-0.39, 0.29) is 62.1 Å². The molecule has 0 bridgehead atoms. The van der Waals surface area contributed by atoms with Gasteiger partial charge in [0.1, 0.15) is 0 Å². The predicted molar refractivity (Wildman–Crippen MR) is 213 cm³/mol. The summed E-state index contributed by atoms with van der Waals surface area (Å²) in [6, 6.07) is -5.51. The topological polar surface area (TPSA) is 41.9 Å². The van der Waals surface area contributed by atoms with Crippen LogP contribution in [-0.2, 0) is 0 Å². The zero-order valence-corrected chi connectivity index (χ0v) is 25.9. The summed E-state index contributed by atoms with van der Waals surface area (Å²) < 4.78 is 197. The maximum absolute atomic E-state index is 9.87. The Labute approximate surface area is 325 Å². The van der Waals surface area contributed by atoms with E-state index in [0.717, 1.165) is 6.07 Å². The third kappa shape index (κ3) is 4.80. The molecule has 0 aliphatic carbocycles. The highest BCUT2D eigenvalue weighted by Crippen LogP contribution is 2.46. The second kappa shape index (κ2) is 11.9. The number of hydrogen-bond acceptors (Lipinski definition) is 4. The fraction of sp³-hybridized carbons (Fsp3) is 0. The summed E-state index contributed by atoms with van der Waals surface area (Å²) in [5.41, 5.74) is -3.79. The molecule has 238 valence electrons. The zero-order chi connectivity index (χ0) is 52.9. The molecular formula is C47H30N4. The monoisotopic (exact) mass is 672 g/mol. The Balaban J connectivity index is 1.51. The number of para-hydroxylation sites is 2. The number of pyridine rings is 3. The van der Waals surface area contributed by atoms with Crippen LogP contribution < -0.4 is 4.90 Å². The molecule has 3 heterocycles. The smallest absolute Gasteiger partial charge is 0.0972 e. The van der Waals surface area contributed by atoms with Crippen molar-refractivity contribution in [2.24, 2.45) is 0 Å². The molecule has 0 spiro atoms. The largest absolute Gasteiger partial charge is 0.310 e. The lowest BCUT2D eigenvalue weighted by Gasteiger charge is -2.27. The third-order valence-corrected chi connectivity index (χ3v) is 8.37. The lowest BCUT2D eigenvalue weighted by atomic mass is 9.91. The molecule has 0 aliphatic heterocycles. The van der Waals surface area contributed by atoms with Gasteiger partial charge in [0, 0.05) is 55.6 Å². The van der Waals surface area contributed by atoms with Gasteiger partial charge in [-0.25, -0.2) is 9.97 Å². The summed E-state index contributed by atoms with van der Waals surface area (Å²) >= 11 is 0. The highest BCUT2D eigenvalue weighted by atomic mass is 15.1. The van der Waals surface area contributed by atoms with Crippen LogP contribution in [0.5, 0.6) is 0 Å². The minimum absolute atomic E-state index is 0.0968. The minimum atomic E-state index is -0.987. The van der Waals surface area contributed by atoms with Gasteiger partial charge in [0.05, 0.1) is 63.8 Å². The number of fused-ring (bicyclic) bond motifs is 8. The van der Waals surface area contributed by atoms with Gasteiger partial charge in [0.15, 0.2) is 0 Å². The van der Waals surface area contributed by atoms with Crippen LogP contribution in [0.4, 0.5) is 17.1 Å². The lowest BCUT2D eigenvalue weighted by molar-refractivity contribution is 1.29. The SMILES string of the molecule is [2H]c1ccc2ccc3cc([2H])c(-c4c([2H])ccc5c4c([2H])c([2H])c4c(-c6c([2H])c([2H])c([2H])c([2H])c6[2H])nc6cc([2H])c([2H])c(N(c7c([2H])c([2H])c([2H])c([2H])c7[2H])c7c([2H])c([2H])c([2H])c([2H])c7[2H])c6c45)nc3c2n1. The van der Waals surface area contributed by atoms with E-state index in [2.05, 4.69) is 4.98 Å². The first-order valence-electron chi connectivity index (χ1n) is 26.4. The van der Waals surface area contributed by atoms with E-state index in [4.69, 9.17) is 26.4 Å². The van der Waals surface area contributed by atoms with E-state index in [9.17, 15) is 13.7 Å². The van der Waals surface area contributed by atoms with Crippen LogP contribution in [0.15, 0.2) is 182 Å². The summed E-state index contributed by atoms with van der Waals surface area (Å²) in [4.78, 5) is 14.6. The van der Waals surface area contributed by atoms with Crippen molar-refractivity contribution >= 4 is 71.3 Å². The molecular weight excluding hydrogens is 621 g/mol. The Kier molecular flexibility index (Phi) is 3.39. The van der Waals surface area contributed by atoms with Gasteiger partial charge in [0.2, 0.25) is 0 Å². The van der Waals surface area contributed by atoms with Crippen molar-refractivity contribution in [1.29, 1.82) is 0 Å². The van der Waals surface area contributed by atoms with Gasteiger partial charge in [-0.05, 0) is 59.2 Å². The second-order valence-electron chi connectivity index (χ2n) is 11.2. The molecule has 51 heavy (non-hydrogen) atoms. The summed E-state index contributed by atoms with van der Waals surface area (Å²) in [6.45, 7) is 0. The van der Waals surface area contributed by atoms with Crippen molar-refractivity contribution in [2.75, 3.05) is 4.90 Å². The summed E-state index contributed by atoms with van der Waals surface area (Å²) in [5, 5.41) is -0.456. The minimum Gasteiger partial charge on any atom is -0.310 e. The first kappa shape index (κ1) is 14.5. The van der Waals surface area contributed by atoms with E-state index in [1.54, 1.807) is 18.2 Å². The van der Waals surface area contributed by atoms with Gasteiger partial charge in [0.25, 0.3) is 0 Å². The average molecular weight is 673 g/mol. The molecule has 0 aliphatic rings. The van der Waals surface area contributed by atoms with Crippen molar-refractivity contribution < 1.29 is 30.2 Å². The highest BCUT2D eigenvalue weighted by molar-refractivity contribution is 6.27. The van der Waals surface area contributed by atoms with Gasteiger partial charge in [-0.1, -0.05) is 127 Å². The molecule has 0 saturated heterocycles. The molecule has 0 saturated carbocycles. The third-order valence-electron chi connectivity index (χ3n) is 8.37. The maximum atomic E-state index is 9.87. The Morgan fingerprint density at radius 3 is 1.96 bits per heavy atom. The maximum Gasteiger partial charge on any atom is 0.0972 e. The van der Waals surface area contributed by atoms with Gasteiger partial charge in [-0.3, -0.25) is 4.98 Å². The molecule has 4 nitrogen and oxygen atoms in total. The summed E-state index contributed by atoms with van der Waals surface area (Å²) in [7, 11) is 0. The van der Waals surface area contributed by atoms with Gasteiger partial charge >= 0.3 is 0 Å². The number of anilines is 3. The van der Waals surface area contributed by atoms with Crippen LogP contribution >= 0.6 is 0 Å². The van der Waals surface area contributed by atoms with Crippen molar-refractivity contribution in [3.8, 4) is 22.5 Å². The fourth-order valence-electron chi connectivity index (χ4n) is 6.23. The van der Waals surface area contributed by atoms with Crippen LogP contribution in [0.1, 0.15) is 30.2 Å². The average Bonchev–Trinajstić information content (AvgIpc) is 3.36. The Morgan fingerprint density at radius 2 is 1.20 bits per heavy atom. The van der Waals surface area contributed by atoms with E-state index in [0.29, 0.717) is 15.7 Å². The van der Waals surface area contributed by atoms with E-state index in [1.165, 1.54) is 24.3 Å². The first-order chi connectivity index (χ1) is 34.4. The molecule has 0 amide bonds. The van der Waals surface area contributed by atoms with Crippen molar-refractivity contribution in [1.82, 2.24) is 15.0 Å². The number of aromatic nitrogens is 3. The molecule has 0 atom stereocenters. The van der Waals surface area contributed by atoms with Crippen LogP contribution in [-0.4, -0.2) is 15.0 Å². The Bertz CT molecular complexity index is 4050. The molecule has 10 rings (SSSR count). The first-order valence-corrected chi connectivity index (χ1v) is 15.4. The van der Waals surface area contributed by atoms with Crippen LogP contribution in [0.3, 0.4) is 0 Å². The van der Waals surface area contributed by atoms with Crippen molar-refractivity contribution in [3.63, 3.8) is 0 Å². The Hall–Kier alpha value is -6.91. The van der Waals surface area contributed by atoms with Crippen LogP contribution in [0, 0.1) is 0 Å². The van der Waals surface area contributed by atoms with Crippen LogP contribution in [0.2, 0.25) is 0 Å². The quantitative estimate of drug-likeness (QED) is 0.171. The summed E-state index contributed by atoms with van der Waals surface area (Å²) in [5.74, 6) is 0. The molecule has 3 aromatic heterocycles. The molecule has 0 fully saturated rings. The van der Waals surface area contributed by atoms with Gasteiger partial charge in [-0.2, -0.15) is 0 Å². The zero-order valence-electron chi connectivity index (χ0n) is 47.9. The number of rotatable bonds is 5. The van der Waals surface area contributed by atoms with Gasteiger partial charge in [-0.15, -0.1) is 0 Å². The van der Waals surface area contributed by atoms with E-state index in [1.807, 2.05) is 0 Å². The molecule has 4 heteroatoms. The molecule has 0 radical (unpaired) electrons. The molecule has 0 unspecified atom stereocenters. The van der Waals surface area contributed by atoms with Crippen LogP contribution in [0.25, 0.3) is 76.8 Å². The second-order valence-corrected chi connectivity index (χ2v) is 11.2. The molecule has 7 aromatic carbocycles. The van der Waals surface area contributed by atoms with Crippen molar-refractivity contribution in [3.05, 3.63) is 182 Å². The molecule has 0 N–H and O–H groups in total.